The van der Waals surface area contributed by atoms with E-state index in [9.17, 15) is 0 Å². The van der Waals surface area contributed by atoms with Gasteiger partial charge < -0.3 is 5.32 Å². The second-order valence-electron chi connectivity index (χ2n) is 6.04. The fourth-order valence-corrected chi connectivity index (χ4v) is 3.51. The van der Waals surface area contributed by atoms with Crippen LogP contribution < -0.4 is 5.32 Å². The molecule has 0 radical (unpaired) electrons. The Morgan fingerprint density at radius 3 is 2.50 bits per heavy atom. The van der Waals surface area contributed by atoms with Gasteiger partial charge in [-0.3, -0.25) is 0 Å². The number of fused-ring (bicyclic) bond motifs is 1. The zero-order valence-corrected chi connectivity index (χ0v) is 12.7. The Morgan fingerprint density at radius 1 is 1.05 bits per heavy atom. The van der Waals surface area contributed by atoms with Crippen molar-refractivity contribution in [3.05, 3.63) is 69.8 Å². The summed E-state index contributed by atoms with van der Waals surface area (Å²) in [6, 6.07) is 13.9. The lowest BCUT2D eigenvalue weighted by Gasteiger charge is -2.28. The lowest BCUT2D eigenvalue weighted by Crippen LogP contribution is -2.31. The molecule has 0 aromatic heterocycles. The second-order valence-corrected chi connectivity index (χ2v) is 6.04. The first-order chi connectivity index (χ1) is 9.65. The number of rotatable bonds is 2. The molecule has 0 amide bonds. The van der Waals surface area contributed by atoms with Crippen molar-refractivity contribution in [1.29, 1.82) is 0 Å². The van der Waals surface area contributed by atoms with Gasteiger partial charge in [-0.25, -0.2) is 0 Å². The van der Waals surface area contributed by atoms with Crippen LogP contribution in [-0.2, 0) is 12.8 Å². The van der Waals surface area contributed by atoms with Gasteiger partial charge in [0.1, 0.15) is 0 Å². The van der Waals surface area contributed by atoms with Crippen molar-refractivity contribution in [3.63, 3.8) is 0 Å². The maximum absolute atomic E-state index is 3.69. The highest BCUT2D eigenvalue weighted by molar-refractivity contribution is 5.40. The molecule has 0 saturated carbocycles. The first-order valence-electron chi connectivity index (χ1n) is 7.53. The smallest absolute Gasteiger partial charge is 0.0363 e. The highest BCUT2D eigenvalue weighted by Gasteiger charge is 2.20. The zero-order valence-electron chi connectivity index (χ0n) is 12.7. The minimum absolute atomic E-state index is 0.458. The van der Waals surface area contributed by atoms with Crippen molar-refractivity contribution in [2.24, 2.45) is 0 Å². The molecule has 2 aromatic carbocycles. The highest BCUT2D eigenvalue weighted by Crippen LogP contribution is 2.28. The summed E-state index contributed by atoms with van der Waals surface area (Å²) in [6.07, 6.45) is 2.24. The molecule has 1 aliphatic rings. The van der Waals surface area contributed by atoms with Crippen LogP contribution in [0.15, 0.2) is 36.4 Å². The maximum Gasteiger partial charge on any atom is 0.0363 e. The van der Waals surface area contributed by atoms with E-state index in [4.69, 9.17) is 0 Å². The molecule has 1 aliphatic heterocycles. The Bertz CT molecular complexity index is 604. The summed E-state index contributed by atoms with van der Waals surface area (Å²) in [5.41, 5.74) is 8.71. The van der Waals surface area contributed by atoms with Crippen LogP contribution in [0.2, 0.25) is 0 Å². The Balaban J connectivity index is 1.94. The van der Waals surface area contributed by atoms with E-state index in [1.165, 1.54) is 33.4 Å². The zero-order chi connectivity index (χ0) is 14.1. The molecule has 0 saturated heterocycles. The third-order valence-electron chi connectivity index (χ3n) is 4.46. The van der Waals surface area contributed by atoms with E-state index in [2.05, 4.69) is 62.5 Å². The van der Waals surface area contributed by atoms with Crippen molar-refractivity contribution in [2.75, 3.05) is 6.54 Å². The van der Waals surface area contributed by atoms with E-state index in [1.807, 2.05) is 0 Å². The van der Waals surface area contributed by atoms with Crippen molar-refractivity contribution in [3.8, 4) is 0 Å². The van der Waals surface area contributed by atoms with Crippen LogP contribution in [0.4, 0.5) is 0 Å². The van der Waals surface area contributed by atoms with Crippen LogP contribution >= 0.6 is 0 Å². The number of hydrogen-bond donors (Lipinski definition) is 1. The molecule has 1 atom stereocenters. The summed E-state index contributed by atoms with van der Waals surface area (Å²) in [5.74, 6) is 0. The van der Waals surface area contributed by atoms with Gasteiger partial charge in [-0.15, -0.1) is 0 Å². The van der Waals surface area contributed by atoms with Crippen LogP contribution in [0.3, 0.4) is 0 Å². The number of nitrogens with one attached hydrogen (secondary N) is 1. The van der Waals surface area contributed by atoms with Crippen molar-refractivity contribution in [2.45, 2.75) is 39.7 Å². The lowest BCUT2D eigenvalue weighted by atomic mass is 9.87. The SMILES string of the molecule is Cc1cc(C)c(CC2NCCc3ccccc32)c(C)c1. The number of hydrogen-bond acceptors (Lipinski definition) is 1. The Kier molecular flexibility index (Phi) is 3.62. The van der Waals surface area contributed by atoms with Gasteiger partial charge in [0.05, 0.1) is 0 Å². The number of aryl methyl sites for hydroxylation is 3. The topological polar surface area (TPSA) is 12.0 Å². The molecule has 20 heavy (non-hydrogen) atoms. The Labute approximate surface area is 122 Å². The van der Waals surface area contributed by atoms with E-state index in [0.717, 1.165) is 19.4 Å². The lowest BCUT2D eigenvalue weighted by molar-refractivity contribution is 0.501. The Morgan fingerprint density at radius 2 is 1.75 bits per heavy atom. The fraction of sp³-hybridized carbons (Fsp3) is 0.368. The molecule has 0 spiro atoms. The average molecular weight is 265 g/mol. The van der Waals surface area contributed by atoms with Gasteiger partial charge in [0.15, 0.2) is 0 Å². The molecule has 1 N–H and O–H groups in total. The van der Waals surface area contributed by atoms with Gasteiger partial charge >= 0.3 is 0 Å². The monoisotopic (exact) mass is 265 g/mol. The molecule has 1 heteroatoms. The van der Waals surface area contributed by atoms with E-state index >= 15 is 0 Å². The molecule has 3 rings (SSSR count). The summed E-state index contributed by atoms with van der Waals surface area (Å²) >= 11 is 0. The van der Waals surface area contributed by atoms with Crippen molar-refractivity contribution in [1.82, 2.24) is 5.32 Å². The molecule has 1 unspecified atom stereocenters. The van der Waals surface area contributed by atoms with E-state index < -0.39 is 0 Å². The first kappa shape index (κ1) is 13.4. The van der Waals surface area contributed by atoms with E-state index in [0.29, 0.717) is 6.04 Å². The number of benzene rings is 2. The quantitative estimate of drug-likeness (QED) is 0.864. The van der Waals surface area contributed by atoms with Gasteiger partial charge in [0.2, 0.25) is 0 Å². The summed E-state index contributed by atoms with van der Waals surface area (Å²) in [5, 5.41) is 3.69. The maximum atomic E-state index is 3.69. The third kappa shape index (κ3) is 2.51. The van der Waals surface area contributed by atoms with Crippen LogP contribution in [-0.4, -0.2) is 6.54 Å². The van der Waals surface area contributed by atoms with Gasteiger partial charge in [0.25, 0.3) is 0 Å². The van der Waals surface area contributed by atoms with Crippen LogP contribution in [0.5, 0.6) is 0 Å². The molecule has 0 bridgehead atoms. The molecule has 104 valence electrons. The van der Waals surface area contributed by atoms with Gasteiger partial charge in [-0.1, -0.05) is 42.0 Å². The fourth-order valence-electron chi connectivity index (χ4n) is 3.51. The van der Waals surface area contributed by atoms with Crippen LogP contribution in [0.25, 0.3) is 0 Å². The normalized spacial score (nSPS) is 17.9. The largest absolute Gasteiger partial charge is 0.309 e. The van der Waals surface area contributed by atoms with Crippen LogP contribution in [0, 0.1) is 20.8 Å². The van der Waals surface area contributed by atoms with Gasteiger partial charge in [-0.2, -0.15) is 0 Å². The summed E-state index contributed by atoms with van der Waals surface area (Å²) in [7, 11) is 0. The average Bonchev–Trinajstić information content (AvgIpc) is 2.43. The minimum atomic E-state index is 0.458. The van der Waals surface area contributed by atoms with Crippen LogP contribution in [0.1, 0.15) is 39.4 Å². The molecule has 1 nitrogen and oxygen atoms in total. The van der Waals surface area contributed by atoms with E-state index in [1.54, 1.807) is 0 Å². The standard InChI is InChI=1S/C19H23N/c1-13-10-14(2)18(15(3)11-13)12-19-17-7-5-4-6-16(17)8-9-20-19/h4-7,10-11,19-20H,8-9,12H2,1-3H3. The molecule has 0 aliphatic carbocycles. The summed E-state index contributed by atoms with van der Waals surface area (Å²) in [4.78, 5) is 0. The minimum Gasteiger partial charge on any atom is -0.309 e. The molecule has 1 heterocycles. The van der Waals surface area contributed by atoms with Gasteiger partial charge in [-0.05, 0) is 68.0 Å². The van der Waals surface area contributed by atoms with Gasteiger partial charge in [0, 0.05) is 6.04 Å². The predicted molar refractivity (Wildman–Crippen MR) is 85.2 cm³/mol. The molecular formula is C19H23N. The summed E-state index contributed by atoms with van der Waals surface area (Å²) < 4.78 is 0. The predicted octanol–water partition coefficient (Wildman–Crippen LogP) is 4.04. The third-order valence-corrected chi connectivity index (χ3v) is 4.46. The van der Waals surface area contributed by atoms with Crippen molar-refractivity contribution >= 4 is 0 Å². The highest BCUT2D eigenvalue weighted by atomic mass is 14.9. The second kappa shape index (κ2) is 5.41. The summed E-state index contributed by atoms with van der Waals surface area (Å²) in [6.45, 7) is 7.75. The molecule has 0 fully saturated rings. The van der Waals surface area contributed by atoms with E-state index in [-0.39, 0.29) is 0 Å². The Hall–Kier alpha value is -1.60. The van der Waals surface area contributed by atoms with Crippen molar-refractivity contribution < 1.29 is 0 Å². The molecule has 2 aromatic rings. The first-order valence-corrected chi connectivity index (χ1v) is 7.53. The molecular weight excluding hydrogens is 242 g/mol.